The lowest BCUT2D eigenvalue weighted by Crippen LogP contribution is -2.20. The fraction of sp³-hybridized carbons (Fsp3) is 0.500. The Balaban J connectivity index is 2.00. The smallest absolute Gasteiger partial charge is 0.213 e. The average molecular weight is 178 g/mol. The van der Waals surface area contributed by atoms with Gasteiger partial charge in [-0.1, -0.05) is 6.07 Å². The van der Waals surface area contributed by atoms with Gasteiger partial charge in [-0.3, -0.25) is 0 Å². The third-order valence-corrected chi connectivity index (χ3v) is 2.17. The van der Waals surface area contributed by atoms with Gasteiger partial charge in [0.25, 0.3) is 0 Å². The van der Waals surface area contributed by atoms with E-state index < -0.39 is 0 Å². The minimum atomic E-state index is 0.300. The summed E-state index contributed by atoms with van der Waals surface area (Å²) < 4.78 is 5.68. The van der Waals surface area contributed by atoms with Gasteiger partial charge in [0.1, 0.15) is 6.10 Å². The maximum Gasteiger partial charge on any atom is 0.213 e. The number of nitrogens with zero attached hydrogens (tertiary/aromatic N) is 1. The number of rotatable bonds is 2. The second kappa shape index (κ2) is 3.75. The normalized spacial score (nSPS) is 21.8. The van der Waals surface area contributed by atoms with Crippen molar-refractivity contribution in [3.05, 3.63) is 23.9 Å². The standard InChI is InChI=1S/C10H14N2O/c1-8-3-2-4-10(12-8)13-9-5-6-11-7-9/h2-4,9,11H,5-7H2,1H3. The molecule has 3 heteroatoms. The predicted molar refractivity (Wildman–Crippen MR) is 50.9 cm³/mol. The van der Waals surface area contributed by atoms with Gasteiger partial charge in [0.15, 0.2) is 0 Å². The highest BCUT2D eigenvalue weighted by Crippen LogP contribution is 2.12. The molecule has 0 spiro atoms. The van der Waals surface area contributed by atoms with Crippen molar-refractivity contribution in [2.24, 2.45) is 0 Å². The molecule has 0 amide bonds. The highest BCUT2D eigenvalue weighted by molar-refractivity contribution is 5.15. The fourth-order valence-electron chi connectivity index (χ4n) is 1.48. The van der Waals surface area contributed by atoms with Crippen LogP contribution < -0.4 is 10.1 Å². The summed E-state index contributed by atoms with van der Waals surface area (Å²) in [7, 11) is 0. The molecular formula is C10H14N2O. The molecule has 1 aliphatic heterocycles. The zero-order valence-corrected chi connectivity index (χ0v) is 7.79. The fourth-order valence-corrected chi connectivity index (χ4v) is 1.48. The Kier molecular flexibility index (Phi) is 2.45. The number of aromatic nitrogens is 1. The molecule has 0 aliphatic carbocycles. The summed E-state index contributed by atoms with van der Waals surface area (Å²) in [5.74, 6) is 0.744. The van der Waals surface area contributed by atoms with Crippen LogP contribution in [0.3, 0.4) is 0 Å². The SMILES string of the molecule is Cc1cccc(OC2CCNC2)n1. The third-order valence-electron chi connectivity index (χ3n) is 2.17. The summed E-state index contributed by atoms with van der Waals surface area (Å²) in [6.07, 6.45) is 1.38. The first kappa shape index (κ1) is 8.51. The molecular weight excluding hydrogens is 164 g/mol. The lowest BCUT2D eigenvalue weighted by molar-refractivity contribution is 0.213. The van der Waals surface area contributed by atoms with Crippen molar-refractivity contribution in [1.82, 2.24) is 10.3 Å². The van der Waals surface area contributed by atoms with Gasteiger partial charge in [-0.15, -0.1) is 0 Å². The van der Waals surface area contributed by atoms with Crippen LogP contribution in [-0.2, 0) is 0 Å². The zero-order valence-electron chi connectivity index (χ0n) is 7.79. The highest BCUT2D eigenvalue weighted by Gasteiger charge is 2.15. The van der Waals surface area contributed by atoms with Crippen molar-refractivity contribution in [1.29, 1.82) is 0 Å². The molecule has 3 nitrogen and oxygen atoms in total. The molecule has 0 aromatic carbocycles. The van der Waals surface area contributed by atoms with E-state index in [1.807, 2.05) is 25.1 Å². The van der Waals surface area contributed by atoms with E-state index in [1.54, 1.807) is 0 Å². The molecule has 1 aliphatic rings. The summed E-state index contributed by atoms with van der Waals surface area (Å²) in [6.45, 7) is 3.96. The Morgan fingerprint density at radius 1 is 1.54 bits per heavy atom. The second-order valence-electron chi connectivity index (χ2n) is 3.35. The number of pyridine rings is 1. The Labute approximate surface area is 78.1 Å². The van der Waals surface area contributed by atoms with E-state index in [4.69, 9.17) is 4.74 Å². The van der Waals surface area contributed by atoms with E-state index in [-0.39, 0.29) is 0 Å². The molecule has 2 heterocycles. The minimum absolute atomic E-state index is 0.300. The Bertz CT molecular complexity index is 282. The van der Waals surface area contributed by atoms with Gasteiger partial charge in [0, 0.05) is 18.3 Å². The number of aryl methyl sites for hydroxylation is 1. The molecule has 1 fully saturated rings. The van der Waals surface area contributed by atoms with Gasteiger partial charge >= 0.3 is 0 Å². The van der Waals surface area contributed by atoms with Crippen LogP contribution in [0.1, 0.15) is 12.1 Å². The molecule has 2 rings (SSSR count). The summed E-state index contributed by atoms with van der Waals surface area (Å²) in [5.41, 5.74) is 1.00. The van der Waals surface area contributed by atoms with Crippen LogP contribution in [0.25, 0.3) is 0 Å². The summed E-state index contributed by atoms with van der Waals surface area (Å²) >= 11 is 0. The van der Waals surface area contributed by atoms with Crippen LogP contribution in [-0.4, -0.2) is 24.2 Å². The lowest BCUT2D eigenvalue weighted by atomic mass is 10.3. The topological polar surface area (TPSA) is 34.1 Å². The molecule has 1 saturated heterocycles. The van der Waals surface area contributed by atoms with Crippen molar-refractivity contribution < 1.29 is 4.74 Å². The first-order valence-corrected chi connectivity index (χ1v) is 4.65. The van der Waals surface area contributed by atoms with Gasteiger partial charge in [0.05, 0.1) is 0 Å². The largest absolute Gasteiger partial charge is 0.473 e. The summed E-state index contributed by atoms with van der Waals surface area (Å²) in [5, 5.41) is 3.25. The Morgan fingerprint density at radius 3 is 3.15 bits per heavy atom. The molecule has 13 heavy (non-hydrogen) atoms. The van der Waals surface area contributed by atoms with Gasteiger partial charge < -0.3 is 10.1 Å². The van der Waals surface area contributed by atoms with Gasteiger partial charge in [-0.2, -0.15) is 0 Å². The maximum absolute atomic E-state index is 5.68. The van der Waals surface area contributed by atoms with Crippen LogP contribution >= 0.6 is 0 Å². The van der Waals surface area contributed by atoms with Gasteiger partial charge in [0.2, 0.25) is 5.88 Å². The monoisotopic (exact) mass is 178 g/mol. The maximum atomic E-state index is 5.68. The van der Waals surface area contributed by atoms with Gasteiger partial charge in [-0.25, -0.2) is 4.98 Å². The van der Waals surface area contributed by atoms with E-state index in [2.05, 4.69) is 10.3 Å². The van der Waals surface area contributed by atoms with E-state index in [0.717, 1.165) is 31.1 Å². The van der Waals surface area contributed by atoms with Crippen LogP contribution in [0.15, 0.2) is 18.2 Å². The van der Waals surface area contributed by atoms with E-state index in [1.165, 1.54) is 0 Å². The van der Waals surface area contributed by atoms with Crippen molar-refractivity contribution in [3.63, 3.8) is 0 Å². The first-order valence-electron chi connectivity index (χ1n) is 4.65. The molecule has 70 valence electrons. The van der Waals surface area contributed by atoms with Crippen molar-refractivity contribution in [3.8, 4) is 5.88 Å². The number of nitrogens with one attached hydrogen (secondary N) is 1. The minimum Gasteiger partial charge on any atom is -0.473 e. The molecule has 1 aromatic heterocycles. The number of hydrogen-bond donors (Lipinski definition) is 1. The Morgan fingerprint density at radius 2 is 2.46 bits per heavy atom. The molecule has 0 bridgehead atoms. The number of hydrogen-bond acceptors (Lipinski definition) is 3. The Hall–Kier alpha value is -1.09. The summed E-state index contributed by atoms with van der Waals surface area (Å²) in [6, 6.07) is 5.85. The average Bonchev–Trinajstić information content (AvgIpc) is 2.57. The van der Waals surface area contributed by atoms with E-state index in [9.17, 15) is 0 Å². The summed E-state index contributed by atoms with van der Waals surface area (Å²) in [4.78, 5) is 4.29. The molecule has 0 radical (unpaired) electrons. The van der Waals surface area contributed by atoms with E-state index >= 15 is 0 Å². The number of ether oxygens (including phenoxy) is 1. The van der Waals surface area contributed by atoms with Crippen LogP contribution in [0.2, 0.25) is 0 Å². The zero-order chi connectivity index (χ0) is 9.10. The van der Waals surface area contributed by atoms with E-state index in [0.29, 0.717) is 6.10 Å². The quantitative estimate of drug-likeness (QED) is 0.737. The predicted octanol–water partition coefficient (Wildman–Crippen LogP) is 1.13. The molecule has 1 unspecified atom stereocenters. The molecule has 1 atom stereocenters. The van der Waals surface area contributed by atoms with Crippen LogP contribution in [0.4, 0.5) is 0 Å². The van der Waals surface area contributed by atoms with Crippen LogP contribution in [0, 0.1) is 6.92 Å². The molecule has 1 aromatic rings. The molecule has 1 N–H and O–H groups in total. The van der Waals surface area contributed by atoms with Crippen molar-refractivity contribution in [2.45, 2.75) is 19.4 Å². The van der Waals surface area contributed by atoms with Crippen molar-refractivity contribution >= 4 is 0 Å². The second-order valence-corrected chi connectivity index (χ2v) is 3.35. The molecule has 0 saturated carbocycles. The van der Waals surface area contributed by atoms with Crippen LogP contribution in [0.5, 0.6) is 5.88 Å². The lowest BCUT2D eigenvalue weighted by Gasteiger charge is -2.11. The third kappa shape index (κ3) is 2.18. The van der Waals surface area contributed by atoms with Crippen molar-refractivity contribution in [2.75, 3.05) is 13.1 Å². The highest BCUT2D eigenvalue weighted by atomic mass is 16.5. The first-order chi connectivity index (χ1) is 6.34. The van der Waals surface area contributed by atoms with Gasteiger partial charge in [-0.05, 0) is 26.0 Å².